The Morgan fingerprint density at radius 1 is 1.43 bits per heavy atom. The minimum absolute atomic E-state index is 0.687. The SMILES string of the molecule is Clc1snnc1CN(Cc1cccnc1)C[C@@H]1CCNC1. The van der Waals surface area contributed by atoms with Crippen LogP contribution in [0.1, 0.15) is 17.7 Å². The van der Waals surface area contributed by atoms with Crippen LogP contribution in [0.2, 0.25) is 4.34 Å². The van der Waals surface area contributed by atoms with E-state index in [2.05, 4.69) is 30.9 Å². The maximum Gasteiger partial charge on any atom is 0.138 e. The van der Waals surface area contributed by atoms with Gasteiger partial charge in [-0.3, -0.25) is 9.88 Å². The van der Waals surface area contributed by atoms with Crippen molar-refractivity contribution >= 4 is 23.1 Å². The van der Waals surface area contributed by atoms with Crippen molar-refractivity contribution in [2.24, 2.45) is 5.92 Å². The maximum atomic E-state index is 6.15. The predicted molar refractivity (Wildman–Crippen MR) is 84.2 cm³/mol. The lowest BCUT2D eigenvalue weighted by atomic mass is 10.1. The first-order chi connectivity index (χ1) is 10.3. The summed E-state index contributed by atoms with van der Waals surface area (Å²) in [4.78, 5) is 6.58. The van der Waals surface area contributed by atoms with Gasteiger partial charge in [-0.05, 0) is 37.1 Å². The quantitative estimate of drug-likeness (QED) is 0.883. The van der Waals surface area contributed by atoms with E-state index in [1.165, 1.54) is 23.5 Å². The Hall–Kier alpha value is -1.08. The summed E-state index contributed by atoms with van der Waals surface area (Å²) in [5.74, 6) is 0.687. The standard InChI is InChI=1S/C14H18ClN5S/c15-14-13(18-19-21-14)10-20(9-12-3-5-17-7-12)8-11-2-1-4-16-6-11/h1-2,4,6,12,17H,3,5,7-10H2/t12-/m1/s1. The molecule has 1 atom stereocenters. The summed E-state index contributed by atoms with van der Waals surface area (Å²) in [6.45, 7) is 4.84. The van der Waals surface area contributed by atoms with Gasteiger partial charge in [-0.2, -0.15) is 0 Å². The van der Waals surface area contributed by atoms with Gasteiger partial charge in [0.25, 0.3) is 0 Å². The molecule has 1 saturated heterocycles. The molecule has 2 aromatic rings. The average Bonchev–Trinajstić information content (AvgIpc) is 3.13. The zero-order valence-electron chi connectivity index (χ0n) is 11.7. The van der Waals surface area contributed by atoms with Crippen molar-refractivity contribution in [3.63, 3.8) is 0 Å². The van der Waals surface area contributed by atoms with Crippen LogP contribution < -0.4 is 5.32 Å². The van der Waals surface area contributed by atoms with Gasteiger partial charge >= 0.3 is 0 Å². The van der Waals surface area contributed by atoms with Crippen LogP contribution in [0.4, 0.5) is 0 Å². The molecule has 7 heteroatoms. The number of nitrogens with one attached hydrogen (secondary N) is 1. The zero-order chi connectivity index (χ0) is 14.5. The second-order valence-electron chi connectivity index (χ2n) is 5.38. The number of hydrogen-bond donors (Lipinski definition) is 1. The average molecular weight is 324 g/mol. The van der Waals surface area contributed by atoms with E-state index < -0.39 is 0 Å². The van der Waals surface area contributed by atoms with E-state index >= 15 is 0 Å². The molecule has 1 aliphatic heterocycles. The molecule has 0 spiro atoms. The van der Waals surface area contributed by atoms with E-state index in [4.69, 9.17) is 11.6 Å². The van der Waals surface area contributed by atoms with E-state index in [0.29, 0.717) is 10.3 Å². The normalized spacial score (nSPS) is 18.5. The number of halogens is 1. The Bertz CT molecular complexity index is 556. The number of nitrogens with zero attached hydrogens (tertiary/aromatic N) is 4. The molecule has 5 nitrogen and oxygen atoms in total. The van der Waals surface area contributed by atoms with E-state index in [1.54, 1.807) is 6.20 Å². The van der Waals surface area contributed by atoms with Gasteiger partial charge in [0.1, 0.15) is 10.0 Å². The van der Waals surface area contributed by atoms with Gasteiger partial charge in [0.15, 0.2) is 0 Å². The summed E-state index contributed by atoms with van der Waals surface area (Å²) in [6, 6.07) is 4.08. The summed E-state index contributed by atoms with van der Waals surface area (Å²) in [7, 11) is 0. The van der Waals surface area contributed by atoms with Crippen molar-refractivity contribution in [1.29, 1.82) is 0 Å². The minimum atomic E-state index is 0.687. The van der Waals surface area contributed by atoms with Crippen LogP contribution in [0.5, 0.6) is 0 Å². The lowest BCUT2D eigenvalue weighted by Gasteiger charge is -2.24. The Morgan fingerprint density at radius 2 is 2.38 bits per heavy atom. The van der Waals surface area contributed by atoms with E-state index in [1.807, 2.05) is 12.3 Å². The second-order valence-corrected chi connectivity index (χ2v) is 6.74. The van der Waals surface area contributed by atoms with E-state index in [0.717, 1.165) is 38.4 Å². The highest BCUT2D eigenvalue weighted by atomic mass is 35.5. The molecule has 1 fully saturated rings. The Morgan fingerprint density at radius 3 is 3.05 bits per heavy atom. The zero-order valence-corrected chi connectivity index (χ0v) is 13.3. The molecule has 1 aliphatic rings. The lowest BCUT2D eigenvalue weighted by molar-refractivity contribution is 0.218. The molecule has 0 aliphatic carbocycles. The van der Waals surface area contributed by atoms with Crippen molar-refractivity contribution in [2.45, 2.75) is 19.5 Å². The molecule has 3 rings (SSSR count). The van der Waals surface area contributed by atoms with Crippen molar-refractivity contribution < 1.29 is 0 Å². The Labute approximate surface area is 133 Å². The molecule has 0 amide bonds. The van der Waals surface area contributed by atoms with Crippen molar-refractivity contribution in [1.82, 2.24) is 24.8 Å². The molecule has 2 aromatic heterocycles. The number of aromatic nitrogens is 3. The molecule has 3 heterocycles. The van der Waals surface area contributed by atoms with Gasteiger partial charge < -0.3 is 5.32 Å². The molecular formula is C14H18ClN5S. The summed E-state index contributed by atoms with van der Waals surface area (Å²) in [5.41, 5.74) is 2.08. The molecule has 21 heavy (non-hydrogen) atoms. The van der Waals surface area contributed by atoms with Gasteiger partial charge in [-0.15, -0.1) is 5.10 Å². The molecular weight excluding hydrogens is 306 g/mol. The third kappa shape index (κ3) is 4.20. The van der Waals surface area contributed by atoms with Gasteiger partial charge in [0, 0.05) is 43.6 Å². The smallest absolute Gasteiger partial charge is 0.138 e. The number of hydrogen-bond acceptors (Lipinski definition) is 6. The fourth-order valence-corrected chi connectivity index (χ4v) is 3.29. The molecule has 0 unspecified atom stereocenters. The summed E-state index contributed by atoms with van der Waals surface area (Å²) < 4.78 is 4.61. The second kappa shape index (κ2) is 7.26. The van der Waals surface area contributed by atoms with Crippen LogP contribution in [0, 0.1) is 5.92 Å². The van der Waals surface area contributed by atoms with Crippen molar-refractivity contribution in [3.05, 3.63) is 40.1 Å². The molecule has 1 N–H and O–H groups in total. The van der Waals surface area contributed by atoms with Crippen LogP contribution in [0.15, 0.2) is 24.5 Å². The van der Waals surface area contributed by atoms with Crippen LogP contribution in [-0.4, -0.2) is 39.1 Å². The van der Waals surface area contributed by atoms with Gasteiger partial charge in [0.05, 0.1) is 0 Å². The summed E-state index contributed by atoms with van der Waals surface area (Å²) in [5, 5.41) is 7.56. The van der Waals surface area contributed by atoms with Crippen LogP contribution >= 0.6 is 23.1 Å². The Balaban J connectivity index is 1.69. The third-order valence-corrected chi connectivity index (χ3v) is 4.67. The van der Waals surface area contributed by atoms with E-state index in [9.17, 15) is 0 Å². The van der Waals surface area contributed by atoms with Gasteiger partial charge in [0.2, 0.25) is 0 Å². The minimum Gasteiger partial charge on any atom is -0.316 e. The molecule has 0 saturated carbocycles. The number of rotatable bonds is 6. The highest BCUT2D eigenvalue weighted by Gasteiger charge is 2.20. The molecule has 0 radical (unpaired) electrons. The highest BCUT2D eigenvalue weighted by molar-refractivity contribution is 7.10. The topological polar surface area (TPSA) is 53.9 Å². The van der Waals surface area contributed by atoms with Crippen molar-refractivity contribution in [2.75, 3.05) is 19.6 Å². The highest BCUT2D eigenvalue weighted by Crippen LogP contribution is 2.21. The Kier molecular flexibility index (Phi) is 5.13. The van der Waals surface area contributed by atoms with Crippen LogP contribution in [0.25, 0.3) is 0 Å². The van der Waals surface area contributed by atoms with Crippen LogP contribution in [-0.2, 0) is 13.1 Å². The van der Waals surface area contributed by atoms with E-state index in [-0.39, 0.29) is 0 Å². The summed E-state index contributed by atoms with van der Waals surface area (Å²) in [6.07, 6.45) is 4.95. The predicted octanol–water partition coefficient (Wildman–Crippen LogP) is 2.20. The maximum absolute atomic E-state index is 6.15. The van der Waals surface area contributed by atoms with Gasteiger partial charge in [-0.1, -0.05) is 22.2 Å². The monoisotopic (exact) mass is 323 g/mol. The molecule has 0 aromatic carbocycles. The fraction of sp³-hybridized carbons (Fsp3) is 0.500. The lowest BCUT2D eigenvalue weighted by Crippen LogP contribution is -2.30. The molecule has 0 bridgehead atoms. The molecule has 112 valence electrons. The van der Waals surface area contributed by atoms with Crippen LogP contribution in [0.3, 0.4) is 0 Å². The van der Waals surface area contributed by atoms with Crippen molar-refractivity contribution in [3.8, 4) is 0 Å². The fourth-order valence-electron chi connectivity index (χ4n) is 2.67. The largest absolute Gasteiger partial charge is 0.316 e. The van der Waals surface area contributed by atoms with Gasteiger partial charge in [-0.25, -0.2) is 0 Å². The first kappa shape index (κ1) is 14.8. The number of pyridine rings is 1. The first-order valence-electron chi connectivity index (χ1n) is 7.10. The first-order valence-corrected chi connectivity index (χ1v) is 8.25. The summed E-state index contributed by atoms with van der Waals surface area (Å²) >= 11 is 7.39. The third-order valence-electron chi connectivity index (χ3n) is 3.69.